The Morgan fingerprint density at radius 3 is 2.66 bits per heavy atom. The van der Waals surface area contributed by atoms with Crippen LogP contribution < -0.4 is 10.4 Å². The third-order valence-corrected chi connectivity index (χ3v) is 10.2. The van der Waals surface area contributed by atoms with Crippen molar-refractivity contribution in [2.24, 2.45) is 34.5 Å². The van der Waals surface area contributed by atoms with Gasteiger partial charge in [0.05, 0.1) is 11.9 Å². The highest BCUT2D eigenvalue weighted by Crippen LogP contribution is 2.66. The summed E-state index contributed by atoms with van der Waals surface area (Å²) in [6, 6.07) is 10.9. The van der Waals surface area contributed by atoms with Gasteiger partial charge in [-0.1, -0.05) is 32.0 Å². The van der Waals surface area contributed by atoms with E-state index in [1.165, 1.54) is 37.1 Å². The monoisotopic (exact) mass is 432 g/mol. The minimum Gasteiger partial charge on any atom is -0.550 e. The second-order valence-electron chi connectivity index (χ2n) is 11.5. The van der Waals surface area contributed by atoms with Crippen molar-refractivity contribution in [1.82, 2.24) is 9.78 Å². The van der Waals surface area contributed by atoms with Crippen molar-refractivity contribution in [3.8, 4) is 5.69 Å². The molecule has 0 bridgehead atoms. The van der Waals surface area contributed by atoms with Crippen LogP contribution in [0.5, 0.6) is 0 Å². The Balaban J connectivity index is 1.29. The second-order valence-corrected chi connectivity index (χ2v) is 11.5. The van der Waals surface area contributed by atoms with E-state index in [-0.39, 0.29) is 17.3 Å². The number of para-hydroxylation sites is 1. The highest BCUT2D eigenvalue weighted by Gasteiger charge is 2.60. The van der Waals surface area contributed by atoms with E-state index >= 15 is 0 Å². The molecule has 0 amide bonds. The maximum atomic E-state index is 11.4. The first-order chi connectivity index (χ1) is 15.4. The molecule has 1 aromatic carbocycles. The van der Waals surface area contributed by atoms with Crippen LogP contribution in [0.2, 0.25) is 0 Å². The summed E-state index contributed by atoms with van der Waals surface area (Å²) in [4.78, 5) is 11.4. The van der Waals surface area contributed by atoms with E-state index in [0.29, 0.717) is 29.7 Å². The average Bonchev–Trinajstić information content (AvgIpc) is 3.32. The minimum atomic E-state index is -0.867. The van der Waals surface area contributed by atoms with Crippen LogP contribution >= 0.6 is 0 Å². The van der Waals surface area contributed by atoms with Gasteiger partial charge in [-0.15, -0.1) is 0 Å². The summed E-state index contributed by atoms with van der Waals surface area (Å²) >= 11 is 0. The lowest BCUT2D eigenvalue weighted by atomic mass is 9.47. The Morgan fingerprint density at radius 1 is 1.09 bits per heavy atom. The Kier molecular flexibility index (Phi) is 4.51. The second kappa shape index (κ2) is 7.10. The third-order valence-electron chi connectivity index (χ3n) is 10.2. The van der Waals surface area contributed by atoms with Crippen LogP contribution in [0.1, 0.15) is 64.4 Å². The molecule has 5 nitrogen and oxygen atoms in total. The van der Waals surface area contributed by atoms with Gasteiger partial charge in [0.15, 0.2) is 0 Å². The Labute approximate surface area is 190 Å². The molecule has 3 fully saturated rings. The Hall–Kier alpha value is -2.30. The summed E-state index contributed by atoms with van der Waals surface area (Å²) in [7, 11) is 0. The van der Waals surface area contributed by atoms with E-state index in [1.807, 2.05) is 6.07 Å². The number of hydrogen-bond donors (Lipinski definition) is 1. The molecule has 1 aliphatic heterocycles. The third kappa shape index (κ3) is 2.82. The summed E-state index contributed by atoms with van der Waals surface area (Å²) in [6.07, 6.45) is 10.5. The van der Waals surface area contributed by atoms with Crippen LogP contribution in [0, 0.1) is 34.5 Å². The predicted molar refractivity (Wildman–Crippen MR) is 122 cm³/mol. The number of nitrogens with zero attached hydrogens (tertiary/aromatic N) is 2. The number of anilines is 1. The normalized spacial score (nSPS) is 39.9. The number of carboxylic acid groups (broad SMARTS) is 1. The maximum absolute atomic E-state index is 11.4. The van der Waals surface area contributed by atoms with Crippen LogP contribution in [0.25, 0.3) is 5.69 Å². The molecule has 32 heavy (non-hydrogen) atoms. The van der Waals surface area contributed by atoms with E-state index in [2.05, 4.69) is 54.3 Å². The van der Waals surface area contributed by atoms with Crippen LogP contribution in [0.4, 0.5) is 5.82 Å². The van der Waals surface area contributed by atoms with Gasteiger partial charge < -0.3 is 15.2 Å². The summed E-state index contributed by atoms with van der Waals surface area (Å²) in [5, 5.41) is 20.1. The molecule has 3 saturated carbocycles. The number of carbonyl (C=O) groups excluding carboxylic acids is 1. The fourth-order valence-corrected chi connectivity index (χ4v) is 8.60. The molecular weight excluding hydrogens is 398 g/mol. The quantitative estimate of drug-likeness (QED) is 0.789. The van der Waals surface area contributed by atoms with Gasteiger partial charge in [-0.2, -0.15) is 5.10 Å². The molecule has 6 rings (SSSR count). The van der Waals surface area contributed by atoms with Gasteiger partial charge >= 0.3 is 0 Å². The van der Waals surface area contributed by atoms with Gasteiger partial charge in [0.25, 0.3) is 0 Å². The Morgan fingerprint density at radius 2 is 1.88 bits per heavy atom. The van der Waals surface area contributed by atoms with Crippen LogP contribution in [0.15, 0.2) is 36.5 Å². The zero-order valence-corrected chi connectivity index (χ0v) is 19.2. The van der Waals surface area contributed by atoms with E-state index in [0.717, 1.165) is 24.9 Å². The van der Waals surface area contributed by atoms with E-state index in [9.17, 15) is 9.90 Å². The number of benzene rings is 1. The molecule has 7 atom stereocenters. The largest absolute Gasteiger partial charge is 0.550 e. The molecule has 5 heteroatoms. The number of aromatic nitrogens is 2. The lowest BCUT2D eigenvalue weighted by Crippen LogP contribution is -2.58. The van der Waals surface area contributed by atoms with Crippen LogP contribution in [-0.4, -0.2) is 21.8 Å². The molecule has 2 heterocycles. The number of rotatable bonds is 3. The van der Waals surface area contributed by atoms with Crippen molar-refractivity contribution in [3.05, 3.63) is 42.1 Å². The highest BCUT2D eigenvalue weighted by molar-refractivity contribution is 5.64. The molecule has 4 aliphatic rings. The fourth-order valence-electron chi connectivity index (χ4n) is 8.60. The average molecular weight is 433 g/mol. The van der Waals surface area contributed by atoms with Crippen molar-refractivity contribution < 1.29 is 9.90 Å². The minimum absolute atomic E-state index is 0.176. The van der Waals surface area contributed by atoms with Gasteiger partial charge in [0, 0.05) is 17.6 Å². The van der Waals surface area contributed by atoms with Crippen molar-refractivity contribution in [3.63, 3.8) is 0 Å². The van der Waals surface area contributed by atoms with Gasteiger partial charge in [-0.05, 0) is 98.0 Å². The summed E-state index contributed by atoms with van der Waals surface area (Å²) < 4.78 is 2.07. The number of aliphatic carboxylic acids is 1. The van der Waals surface area contributed by atoms with E-state index in [1.54, 1.807) is 0 Å². The number of nitrogens with one attached hydrogen (secondary N) is 1. The zero-order valence-electron chi connectivity index (χ0n) is 19.2. The molecule has 1 aromatic heterocycles. The molecule has 170 valence electrons. The molecule has 1 N–H and O–H groups in total. The number of hydrogen-bond acceptors (Lipinski definition) is 4. The molecule has 0 radical (unpaired) electrons. The molecule has 3 aliphatic carbocycles. The summed E-state index contributed by atoms with van der Waals surface area (Å²) in [5.41, 5.74) is 2.85. The lowest BCUT2D eigenvalue weighted by Gasteiger charge is -2.60. The van der Waals surface area contributed by atoms with Crippen LogP contribution in [-0.2, 0) is 11.2 Å². The first-order valence-corrected chi connectivity index (χ1v) is 12.5. The first kappa shape index (κ1) is 20.3. The fraction of sp³-hybridized carbons (Fsp3) is 0.630. The van der Waals surface area contributed by atoms with Gasteiger partial charge in [0.1, 0.15) is 5.82 Å². The molecule has 2 aromatic rings. The van der Waals surface area contributed by atoms with Crippen LogP contribution in [0.3, 0.4) is 0 Å². The zero-order chi connectivity index (χ0) is 22.1. The number of carbonyl (C=O) groups is 1. The van der Waals surface area contributed by atoms with Crippen molar-refractivity contribution in [2.45, 2.75) is 71.3 Å². The van der Waals surface area contributed by atoms with Gasteiger partial charge in [-0.3, -0.25) is 0 Å². The Bertz CT molecular complexity index is 1030. The lowest BCUT2D eigenvalue weighted by molar-refractivity contribution is -0.307. The molecule has 0 unspecified atom stereocenters. The smallest absolute Gasteiger partial charge is 0.133 e. The highest BCUT2D eigenvalue weighted by atomic mass is 16.4. The summed E-state index contributed by atoms with van der Waals surface area (Å²) in [5.74, 6) is 2.68. The van der Waals surface area contributed by atoms with Gasteiger partial charge in [-0.25, -0.2) is 4.68 Å². The number of carboxylic acids is 1. The molecule has 0 spiro atoms. The van der Waals surface area contributed by atoms with Crippen molar-refractivity contribution in [2.75, 3.05) is 5.32 Å². The van der Waals surface area contributed by atoms with Crippen molar-refractivity contribution in [1.29, 1.82) is 0 Å². The SMILES string of the molecule is C[C@]12Cc3cnn(-c4ccccc4)c3N[C@@H]1CC[C@@H]1[C@@H]2CC[C@]2(C)[C@@H](CC(=O)[O-])CC[C@@H]12. The van der Waals surface area contributed by atoms with Gasteiger partial charge in [0.2, 0.25) is 0 Å². The predicted octanol–water partition coefficient (Wildman–Crippen LogP) is 4.21. The summed E-state index contributed by atoms with van der Waals surface area (Å²) in [6.45, 7) is 4.91. The standard InChI is InChI=1S/C27H35N3O2/c1-26-13-12-22-20(21(26)10-8-18(26)14-24(31)32)9-11-23-27(22,2)15-17-16-28-30(25(17)29-23)19-6-4-3-5-7-19/h3-7,16,18,20-23,29H,8-15H2,1-2H3,(H,31,32)/p-1/t18-,20+,21+,22+,23-,26-,27-/m1/s1. The molecular formula is C27H34N3O2-. The number of fused-ring (bicyclic) bond motifs is 6. The van der Waals surface area contributed by atoms with Crippen molar-refractivity contribution >= 4 is 11.8 Å². The maximum Gasteiger partial charge on any atom is 0.133 e. The first-order valence-electron chi connectivity index (χ1n) is 12.5. The molecule has 0 saturated heterocycles. The van der Waals surface area contributed by atoms with E-state index < -0.39 is 5.97 Å². The van der Waals surface area contributed by atoms with E-state index in [4.69, 9.17) is 5.10 Å². The topological polar surface area (TPSA) is 70.0 Å².